The van der Waals surface area contributed by atoms with Gasteiger partial charge in [-0.25, -0.2) is 15.0 Å². The maximum Gasteiger partial charge on any atom is 0.231 e. The maximum absolute atomic E-state index is 7.62. The first-order valence-electron chi connectivity index (χ1n) is 7.71. The van der Waals surface area contributed by atoms with Crippen LogP contribution in [-0.2, 0) is 0 Å². The fourth-order valence-corrected chi connectivity index (χ4v) is 3.48. The van der Waals surface area contributed by atoms with Gasteiger partial charge in [0.15, 0.2) is 5.65 Å². The van der Waals surface area contributed by atoms with Crippen LogP contribution in [0.4, 0.5) is 11.6 Å². The summed E-state index contributed by atoms with van der Waals surface area (Å²) in [5.41, 5.74) is 2.12. The molecule has 0 atom stereocenters. The molecule has 2 aromatic heterocycles. The van der Waals surface area contributed by atoms with Crippen molar-refractivity contribution in [3.63, 3.8) is 0 Å². The van der Waals surface area contributed by atoms with Crippen molar-refractivity contribution in [3.05, 3.63) is 48.9 Å². The fourth-order valence-electron chi connectivity index (χ4n) is 2.21. The highest BCUT2D eigenvalue weighted by Crippen LogP contribution is 2.24. The van der Waals surface area contributed by atoms with E-state index < -0.39 is 8.07 Å². The summed E-state index contributed by atoms with van der Waals surface area (Å²) in [6.45, 7) is 6.93. The standard InChI is InChI=1S/C16H19N5Si/c1-22(2,3)12-21(13-7-5-4-6-8-13)16-19-11-14-15(20-16)18-10-9-17-14/h4-11H,12H2,1-3H3/i10D. The number of rotatable bonds is 4. The monoisotopic (exact) mass is 310 g/mol. The summed E-state index contributed by atoms with van der Waals surface area (Å²) in [6.07, 6.45) is 4.09. The van der Waals surface area contributed by atoms with Crippen molar-refractivity contribution in [2.24, 2.45) is 0 Å². The summed E-state index contributed by atoms with van der Waals surface area (Å²) in [6, 6.07) is 10.1. The largest absolute Gasteiger partial charge is 0.313 e. The molecule has 3 aromatic rings. The minimum atomic E-state index is -1.39. The lowest BCUT2D eigenvalue weighted by Crippen LogP contribution is -2.38. The molecule has 0 spiro atoms. The molecular weight excluding hydrogens is 290 g/mol. The zero-order chi connectivity index (χ0) is 16.4. The van der Waals surface area contributed by atoms with Crippen molar-refractivity contribution in [1.29, 1.82) is 0 Å². The van der Waals surface area contributed by atoms with Crippen molar-refractivity contribution in [1.82, 2.24) is 19.9 Å². The van der Waals surface area contributed by atoms with E-state index in [1.165, 1.54) is 6.20 Å². The summed E-state index contributed by atoms with van der Waals surface area (Å²) in [5.74, 6) is 0.603. The molecule has 2 heterocycles. The molecular formula is C16H19N5Si. The van der Waals surface area contributed by atoms with E-state index in [-0.39, 0.29) is 6.17 Å². The van der Waals surface area contributed by atoms with Gasteiger partial charge < -0.3 is 4.90 Å². The van der Waals surface area contributed by atoms with Crippen molar-refractivity contribution in [2.45, 2.75) is 19.6 Å². The highest BCUT2D eigenvalue weighted by molar-refractivity contribution is 6.76. The summed E-state index contributed by atoms with van der Waals surface area (Å²) in [4.78, 5) is 19.4. The Labute approximate surface area is 132 Å². The second-order valence-corrected chi connectivity index (χ2v) is 11.8. The third-order valence-electron chi connectivity index (χ3n) is 3.11. The average Bonchev–Trinajstić information content (AvgIpc) is 2.52. The Morgan fingerprint density at radius 2 is 1.86 bits per heavy atom. The molecule has 0 amide bonds. The van der Waals surface area contributed by atoms with E-state index >= 15 is 0 Å². The van der Waals surface area contributed by atoms with Gasteiger partial charge in [0.05, 0.1) is 15.6 Å². The van der Waals surface area contributed by atoms with Gasteiger partial charge in [-0.15, -0.1) is 0 Å². The van der Waals surface area contributed by atoms with Gasteiger partial charge >= 0.3 is 0 Å². The quantitative estimate of drug-likeness (QED) is 0.691. The first-order valence-corrected chi connectivity index (χ1v) is 10.9. The second-order valence-electron chi connectivity index (χ2n) is 6.36. The van der Waals surface area contributed by atoms with Crippen molar-refractivity contribution < 1.29 is 1.37 Å². The molecule has 22 heavy (non-hydrogen) atoms. The van der Waals surface area contributed by atoms with Crippen molar-refractivity contribution in [3.8, 4) is 0 Å². The third kappa shape index (κ3) is 3.28. The highest BCUT2D eigenvalue weighted by Gasteiger charge is 2.22. The predicted molar refractivity (Wildman–Crippen MR) is 91.9 cm³/mol. The van der Waals surface area contributed by atoms with Crippen LogP contribution in [0.2, 0.25) is 19.6 Å². The Hall–Kier alpha value is -2.34. The molecule has 1 aromatic carbocycles. The lowest BCUT2D eigenvalue weighted by molar-refractivity contribution is 1.01. The zero-order valence-corrected chi connectivity index (χ0v) is 14.0. The normalized spacial score (nSPS) is 12.2. The number of aromatic nitrogens is 4. The predicted octanol–water partition coefficient (Wildman–Crippen LogP) is 3.44. The average molecular weight is 310 g/mol. The molecule has 0 aliphatic rings. The summed E-state index contributed by atoms with van der Waals surface area (Å²) < 4.78 is 7.62. The van der Waals surface area contributed by atoms with Gasteiger partial charge in [0, 0.05) is 24.2 Å². The third-order valence-corrected chi connectivity index (χ3v) is 4.38. The van der Waals surface area contributed by atoms with Gasteiger partial charge in [-0.1, -0.05) is 37.8 Å². The van der Waals surface area contributed by atoms with Crippen molar-refractivity contribution in [2.75, 3.05) is 11.1 Å². The Balaban J connectivity index is 2.09. The van der Waals surface area contributed by atoms with Crippen LogP contribution >= 0.6 is 0 Å². The first-order chi connectivity index (χ1) is 10.9. The topological polar surface area (TPSA) is 54.8 Å². The minimum Gasteiger partial charge on any atom is -0.313 e. The summed E-state index contributed by atoms with van der Waals surface area (Å²) in [7, 11) is -1.39. The molecule has 0 radical (unpaired) electrons. The summed E-state index contributed by atoms with van der Waals surface area (Å²) in [5, 5.41) is 0. The van der Waals surface area contributed by atoms with Crippen molar-refractivity contribution >= 4 is 30.9 Å². The van der Waals surface area contributed by atoms with Gasteiger partial charge in [0.1, 0.15) is 5.52 Å². The molecule has 5 nitrogen and oxygen atoms in total. The Bertz CT molecular complexity index is 820. The molecule has 0 aliphatic heterocycles. The van der Waals surface area contributed by atoms with E-state index in [1.54, 1.807) is 6.20 Å². The molecule has 0 bridgehead atoms. The molecule has 0 saturated heterocycles. The van der Waals surface area contributed by atoms with Gasteiger partial charge in [-0.3, -0.25) is 0 Å². The van der Waals surface area contributed by atoms with Crippen LogP contribution in [0.15, 0.2) is 48.9 Å². The van der Waals surface area contributed by atoms with Crippen LogP contribution in [0.1, 0.15) is 1.37 Å². The van der Waals surface area contributed by atoms with Gasteiger partial charge in [-0.2, -0.15) is 4.98 Å². The molecule has 0 aliphatic carbocycles. The lowest BCUT2D eigenvalue weighted by Gasteiger charge is -2.29. The number of para-hydroxylation sites is 1. The number of benzene rings is 1. The molecule has 0 N–H and O–H groups in total. The van der Waals surface area contributed by atoms with E-state index in [0.717, 1.165) is 11.9 Å². The lowest BCUT2D eigenvalue weighted by atomic mass is 10.3. The van der Waals surface area contributed by atoms with Crippen LogP contribution in [0.25, 0.3) is 11.2 Å². The van der Waals surface area contributed by atoms with Crippen LogP contribution in [0.3, 0.4) is 0 Å². The van der Waals surface area contributed by atoms with Gasteiger partial charge in [0.2, 0.25) is 5.95 Å². The summed E-state index contributed by atoms with van der Waals surface area (Å²) >= 11 is 0. The van der Waals surface area contributed by atoms with E-state index in [0.29, 0.717) is 17.1 Å². The molecule has 6 heteroatoms. The van der Waals surface area contributed by atoms with E-state index in [9.17, 15) is 0 Å². The van der Waals surface area contributed by atoms with Gasteiger partial charge in [0.25, 0.3) is 0 Å². The Morgan fingerprint density at radius 1 is 1.09 bits per heavy atom. The highest BCUT2D eigenvalue weighted by atomic mass is 28.3. The second kappa shape index (κ2) is 5.80. The number of anilines is 2. The fraction of sp³-hybridized carbons (Fsp3) is 0.250. The number of hydrogen-bond acceptors (Lipinski definition) is 5. The molecule has 112 valence electrons. The van der Waals surface area contributed by atoms with E-state index in [2.05, 4.69) is 56.6 Å². The first kappa shape index (κ1) is 13.3. The number of hydrogen-bond donors (Lipinski definition) is 0. The smallest absolute Gasteiger partial charge is 0.231 e. The van der Waals surface area contributed by atoms with E-state index in [4.69, 9.17) is 1.37 Å². The maximum atomic E-state index is 7.62. The van der Waals surface area contributed by atoms with Crippen LogP contribution in [-0.4, -0.2) is 34.2 Å². The minimum absolute atomic E-state index is 0.110. The number of fused-ring (bicyclic) bond motifs is 1. The zero-order valence-electron chi connectivity index (χ0n) is 14.0. The molecule has 0 unspecified atom stereocenters. The van der Waals surface area contributed by atoms with Crippen LogP contribution < -0.4 is 4.90 Å². The molecule has 3 rings (SSSR count). The van der Waals surface area contributed by atoms with E-state index in [1.807, 2.05) is 18.2 Å². The molecule has 0 saturated carbocycles. The Morgan fingerprint density at radius 3 is 2.59 bits per heavy atom. The molecule has 0 fully saturated rings. The Kier molecular flexibility index (Phi) is 3.52. The van der Waals surface area contributed by atoms with Gasteiger partial charge in [-0.05, 0) is 12.1 Å². The van der Waals surface area contributed by atoms with Crippen LogP contribution in [0, 0.1) is 0 Å². The SMILES string of the molecule is [2H]c1cnc2cnc(N(C[Si](C)(C)C)c3ccccc3)nc2n1. The number of nitrogens with zero attached hydrogens (tertiary/aromatic N) is 5. The van der Waals surface area contributed by atoms with Crippen LogP contribution in [0.5, 0.6) is 0 Å².